The van der Waals surface area contributed by atoms with Crippen LogP contribution in [-0.2, 0) is 11.3 Å². The van der Waals surface area contributed by atoms with Crippen LogP contribution in [0.2, 0.25) is 10.0 Å². The predicted molar refractivity (Wildman–Crippen MR) is 133 cm³/mol. The van der Waals surface area contributed by atoms with Crippen molar-refractivity contribution < 1.29 is 4.79 Å². The largest absolute Gasteiger partial charge is 0.383 e. The molecule has 8 nitrogen and oxygen atoms in total. The molecule has 0 saturated carbocycles. The maximum absolute atomic E-state index is 13.5. The SMILES string of the molecule is CCCCN(C(=O)CN1CCCC1c1ccc(Cl)c(Cl)c1)c1c(N)n(CCC)c(=O)[nH]c1=O. The average molecular weight is 496 g/mol. The summed E-state index contributed by atoms with van der Waals surface area (Å²) in [5.74, 6) is -0.202. The van der Waals surface area contributed by atoms with Gasteiger partial charge in [-0.1, -0.05) is 49.5 Å². The van der Waals surface area contributed by atoms with Crippen molar-refractivity contribution in [3.63, 3.8) is 0 Å². The van der Waals surface area contributed by atoms with Gasteiger partial charge in [-0.15, -0.1) is 0 Å². The first kappa shape index (κ1) is 25.3. The number of carbonyl (C=O) groups is 1. The van der Waals surface area contributed by atoms with Crippen LogP contribution in [0.3, 0.4) is 0 Å². The van der Waals surface area contributed by atoms with Crippen molar-refractivity contribution in [2.24, 2.45) is 0 Å². The summed E-state index contributed by atoms with van der Waals surface area (Å²) >= 11 is 12.3. The normalized spacial score (nSPS) is 16.3. The molecule has 1 aliphatic heterocycles. The van der Waals surface area contributed by atoms with Crippen molar-refractivity contribution in [2.45, 2.75) is 58.5 Å². The van der Waals surface area contributed by atoms with E-state index in [-0.39, 0.29) is 30.0 Å². The number of unbranched alkanes of at least 4 members (excludes halogenated alkanes) is 1. The van der Waals surface area contributed by atoms with Gasteiger partial charge in [0.2, 0.25) is 5.91 Å². The molecule has 3 N–H and O–H groups in total. The summed E-state index contributed by atoms with van der Waals surface area (Å²) < 4.78 is 1.32. The smallest absolute Gasteiger partial charge is 0.330 e. The van der Waals surface area contributed by atoms with E-state index in [4.69, 9.17) is 28.9 Å². The van der Waals surface area contributed by atoms with Crippen LogP contribution in [-0.4, -0.2) is 40.0 Å². The molecule has 1 unspecified atom stereocenters. The third kappa shape index (κ3) is 5.62. The van der Waals surface area contributed by atoms with Crippen LogP contribution in [0.25, 0.3) is 0 Å². The second kappa shape index (κ2) is 11.2. The molecule has 10 heteroatoms. The summed E-state index contributed by atoms with van der Waals surface area (Å²) in [6.07, 6.45) is 4.04. The summed E-state index contributed by atoms with van der Waals surface area (Å²) in [5.41, 5.74) is 6.09. The number of H-pyrrole nitrogens is 1. The third-order valence-electron chi connectivity index (χ3n) is 6.00. The molecule has 0 bridgehead atoms. The lowest BCUT2D eigenvalue weighted by molar-refractivity contribution is -0.120. The van der Waals surface area contributed by atoms with Crippen molar-refractivity contribution in [1.82, 2.24) is 14.5 Å². The number of carbonyl (C=O) groups excluding carboxylic acids is 1. The zero-order valence-corrected chi connectivity index (χ0v) is 20.6. The van der Waals surface area contributed by atoms with E-state index in [1.165, 1.54) is 9.47 Å². The van der Waals surface area contributed by atoms with E-state index in [0.29, 0.717) is 36.0 Å². The van der Waals surface area contributed by atoms with Gasteiger partial charge in [-0.25, -0.2) is 4.79 Å². The number of nitrogen functional groups attached to an aromatic ring is 1. The van der Waals surface area contributed by atoms with Crippen molar-refractivity contribution in [3.8, 4) is 0 Å². The number of benzene rings is 1. The second-order valence-electron chi connectivity index (χ2n) is 8.35. The number of nitrogens with zero attached hydrogens (tertiary/aromatic N) is 3. The second-order valence-corrected chi connectivity index (χ2v) is 9.16. The zero-order valence-electron chi connectivity index (χ0n) is 19.1. The van der Waals surface area contributed by atoms with Gasteiger partial charge < -0.3 is 10.6 Å². The van der Waals surface area contributed by atoms with Crippen molar-refractivity contribution in [2.75, 3.05) is 30.3 Å². The number of hydrogen-bond donors (Lipinski definition) is 2. The quantitative estimate of drug-likeness (QED) is 0.550. The number of aromatic nitrogens is 2. The van der Waals surface area contributed by atoms with Gasteiger partial charge in [0, 0.05) is 19.1 Å². The first-order valence-corrected chi connectivity index (χ1v) is 12.2. The van der Waals surface area contributed by atoms with Crippen LogP contribution in [0.5, 0.6) is 0 Å². The third-order valence-corrected chi connectivity index (χ3v) is 6.74. The van der Waals surface area contributed by atoms with Gasteiger partial charge in [0.25, 0.3) is 5.56 Å². The van der Waals surface area contributed by atoms with Gasteiger partial charge in [-0.3, -0.25) is 24.0 Å². The molecule has 0 aliphatic carbocycles. The van der Waals surface area contributed by atoms with Crippen LogP contribution in [0.15, 0.2) is 27.8 Å². The Kier molecular flexibility index (Phi) is 8.62. The molecule has 1 aromatic heterocycles. The Hall–Kier alpha value is -2.29. The minimum absolute atomic E-state index is 0.0255. The van der Waals surface area contributed by atoms with Gasteiger partial charge >= 0.3 is 5.69 Å². The van der Waals surface area contributed by atoms with E-state index in [9.17, 15) is 14.4 Å². The predicted octanol–water partition coefficient (Wildman–Crippen LogP) is 3.81. The lowest BCUT2D eigenvalue weighted by atomic mass is 10.0. The molecule has 1 atom stereocenters. The highest BCUT2D eigenvalue weighted by molar-refractivity contribution is 6.42. The lowest BCUT2D eigenvalue weighted by Gasteiger charge is -2.29. The standard InChI is InChI=1S/C23H31Cl2N5O3/c1-3-5-12-29(20-21(26)30(10-4-2)23(33)27-22(20)32)19(31)14-28-11-6-7-18(28)15-8-9-16(24)17(25)13-15/h8-9,13,18H,3-7,10-12,14,26H2,1-2H3,(H,27,32,33). The van der Waals surface area contributed by atoms with Crippen molar-refractivity contribution in [1.29, 1.82) is 0 Å². The molecule has 1 amide bonds. The first-order chi connectivity index (χ1) is 15.8. The molecule has 1 aliphatic rings. The number of rotatable bonds is 9. The molecule has 0 radical (unpaired) electrons. The van der Waals surface area contributed by atoms with Crippen LogP contribution in [0, 0.1) is 0 Å². The molecular formula is C23H31Cl2N5O3. The van der Waals surface area contributed by atoms with Crippen LogP contribution in [0.4, 0.5) is 11.5 Å². The Bertz CT molecular complexity index is 1110. The molecule has 2 heterocycles. The lowest BCUT2D eigenvalue weighted by Crippen LogP contribution is -2.45. The number of aromatic amines is 1. The number of anilines is 2. The molecule has 2 aromatic rings. The average Bonchev–Trinajstić information content (AvgIpc) is 3.23. The molecule has 3 rings (SSSR count). The first-order valence-electron chi connectivity index (χ1n) is 11.4. The van der Waals surface area contributed by atoms with E-state index >= 15 is 0 Å². The van der Waals surface area contributed by atoms with Gasteiger partial charge in [0.1, 0.15) is 5.82 Å². The van der Waals surface area contributed by atoms with E-state index < -0.39 is 11.2 Å². The van der Waals surface area contributed by atoms with Gasteiger partial charge in [0.05, 0.1) is 16.6 Å². The van der Waals surface area contributed by atoms with E-state index in [1.807, 2.05) is 26.0 Å². The minimum atomic E-state index is -0.642. The maximum Gasteiger partial charge on any atom is 0.330 e. The summed E-state index contributed by atoms with van der Waals surface area (Å²) in [6, 6.07) is 5.57. The molecule has 1 aromatic carbocycles. The Balaban J connectivity index is 1.91. The topological polar surface area (TPSA) is 104 Å². The van der Waals surface area contributed by atoms with E-state index in [0.717, 1.165) is 31.4 Å². The highest BCUT2D eigenvalue weighted by atomic mass is 35.5. The van der Waals surface area contributed by atoms with E-state index in [2.05, 4.69) is 9.88 Å². The highest BCUT2D eigenvalue weighted by Gasteiger charge is 2.31. The zero-order chi connectivity index (χ0) is 24.1. The van der Waals surface area contributed by atoms with Gasteiger partial charge in [-0.05, 0) is 49.9 Å². The van der Waals surface area contributed by atoms with E-state index in [1.54, 1.807) is 6.07 Å². The number of nitrogens with one attached hydrogen (secondary N) is 1. The number of hydrogen-bond acceptors (Lipinski definition) is 5. The fourth-order valence-electron chi connectivity index (χ4n) is 4.33. The van der Waals surface area contributed by atoms with Crippen molar-refractivity contribution in [3.05, 3.63) is 54.6 Å². The minimum Gasteiger partial charge on any atom is -0.383 e. The van der Waals surface area contributed by atoms with Crippen LogP contribution in [0.1, 0.15) is 57.6 Å². The number of amides is 1. The van der Waals surface area contributed by atoms with Gasteiger partial charge in [0.15, 0.2) is 5.69 Å². The summed E-state index contributed by atoms with van der Waals surface area (Å²) in [5, 5.41) is 0.970. The van der Waals surface area contributed by atoms with Crippen LogP contribution >= 0.6 is 23.2 Å². The molecule has 33 heavy (non-hydrogen) atoms. The molecule has 1 fully saturated rings. The Morgan fingerprint density at radius 1 is 1.21 bits per heavy atom. The fraction of sp³-hybridized carbons (Fsp3) is 0.522. The van der Waals surface area contributed by atoms with Crippen LogP contribution < -0.4 is 21.9 Å². The molecule has 180 valence electrons. The Morgan fingerprint density at radius 3 is 2.64 bits per heavy atom. The number of nitrogens with two attached hydrogens (primary N) is 1. The summed E-state index contributed by atoms with van der Waals surface area (Å²) in [4.78, 5) is 44.3. The molecule has 1 saturated heterocycles. The molecule has 0 spiro atoms. The number of halogens is 2. The van der Waals surface area contributed by atoms with Gasteiger partial charge in [-0.2, -0.15) is 0 Å². The Morgan fingerprint density at radius 2 is 1.97 bits per heavy atom. The highest BCUT2D eigenvalue weighted by Crippen LogP contribution is 2.35. The van der Waals surface area contributed by atoms with Crippen molar-refractivity contribution >= 4 is 40.6 Å². The summed E-state index contributed by atoms with van der Waals surface area (Å²) in [6.45, 7) is 5.50. The number of likely N-dealkylation sites (tertiary alicyclic amines) is 1. The summed E-state index contributed by atoms with van der Waals surface area (Å²) in [7, 11) is 0. The maximum atomic E-state index is 13.5. The molecular weight excluding hydrogens is 465 g/mol. The fourth-order valence-corrected chi connectivity index (χ4v) is 4.64. The Labute approximate surface area is 203 Å². The monoisotopic (exact) mass is 495 g/mol.